The summed E-state index contributed by atoms with van der Waals surface area (Å²) in [6.07, 6.45) is 4.30. The zero-order chi connectivity index (χ0) is 19.5. The summed E-state index contributed by atoms with van der Waals surface area (Å²) in [6, 6.07) is 13.2. The van der Waals surface area contributed by atoms with Crippen LogP contribution in [0.3, 0.4) is 0 Å². The molecule has 146 valence electrons. The molecule has 2 aliphatic heterocycles. The number of hydrogen-bond acceptors (Lipinski definition) is 4. The van der Waals surface area contributed by atoms with Gasteiger partial charge in [-0.3, -0.25) is 4.79 Å². The maximum Gasteiger partial charge on any atom is 0.257 e. The van der Waals surface area contributed by atoms with Crippen LogP contribution in [-0.4, -0.2) is 25.1 Å². The van der Waals surface area contributed by atoms with Crippen molar-refractivity contribution in [2.24, 2.45) is 5.92 Å². The Balaban J connectivity index is 1.40. The van der Waals surface area contributed by atoms with E-state index >= 15 is 0 Å². The highest BCUT2D eigenvalue weighted by Crippen LogP contribution is 2.33. The SMILES string of the molecule is CC(Oc1ccc(N/C=C2/C(=O)Nc3ccc(Cl)cc32)cc1)C1CCCNC1. The normalized spacial score (nSPS) is 21.1. The molecule has 1 saturated heterocycles. The summed E-state index contributed by atoms with van der Waals surface area (Å²) in [7, 11) is 0. The van der Waals surface area contributed by atoms with Gasteiger partial charge in [-0.1, -0.05) is 11.6 Å². The van der Waals surface area contributed by atoms with Gasteiger partial charge in [0.2, 0.25) is 0 Å². The van der Waals surface area contributed by atoms with Crippen molar-refractivity contribution in [3.05, 3.63) is 59.3 Å². The van der Waals surface area contributed by atoms with Crippen molar-refractivity contribution in [2.75, 3.05) is 23.7 Å². The second-order valence-corrected chi connectivity index (χ2v) is 7.74. The molecule has 0 saturated carbocycles. The third-order valence-corrected chi connectivity index (χ3v) is 5.56. The van der Waals surface area contributed by atoms with E-state index in [-0.39, 0.29) is 12.0 Å². The topological polar surface area (TPSA) is 62.4 Å². The first-order chi connectivity index (χ1) is 13.6. The van der Waals surface area contributed by atoms with Crippen LogP contribution < -0.4 is 20.7 Å². The molecular weight excluding hydrogens is 374 g/mol. The van der Waals surface area contributed by atoms with E-state index < -0.39 is 0 Å². The summed E-state index contributed by atoms with van der Waals surface area (Å²) in [6.45, 7) is 4.26. The lowest BCUT2D eigenvalue weighted by atomic mass is 9.95. The van der Waals surface area contributed by atoms with Gasteiger partial charge < -0.3 is 20.7 Å². The van der Waals surface area contributed by atoms with Gasteiger partial charge in [0.05, 0.1) is 11.7 Å². The van der Waals surface area contributed by atoms with E-state index in [0.29, 0.717) is 16.5 Å². The Kier molecular flexibility index (Phi) is 5.55. The maximum atomic E-state index is 12.2. The quantitative estimate of drug-likeness (QED) is 0.649. The van der Waals surface area contributed by atoms with E-state index in [1.807, 2.05) is 30.3 Å². The Morgan fingerprint density at radius 1 is 1.25 bits per heavy atom. The van der Waals surface area contributed by atoms with Crippen molar-refractivity contribution in [1.29, 1.82) is 0 Å². The predicted molar refractivity (Wildman–Crippen MR) is 114 cm³/mol. The zero-order valence-corrected chi connectivity index (χ0v) is 16.6. The number of amides is 1. The van der Waals surface area contributed by atoms with Crippen molar-refractivity contribution in [3.8, 4) is 5.75 Å². The van der Waals surface area contributed by atoms with Crippen LogP contribution in [0.1, 0.15) is 25.3 Å². The molecule has 4 rings (SSSR count). The van der Waals surface area contributed by atoms with Gasteiger partial charge in [0.15, 0.2) is 0 Å². The molecule has 2 heterocycles. The Morgan fingerprint density at radius 2 is 2.07 bits per heavy atom. The van der Waals surface area contributed by atoms with Gasteiger partial charge >= 0.3 is 0 Å². The second-order valence-electron chi connectivity index (χ2n) is 7.30. The molecule has 2 aromatic carbocycles. The minimum atomic E-state index is -0.139. The van der Waals surface area contributed by atoms with Gasteiger partial charge in [-0.05, 0) is 68.8 Å². The van der Waals surface area contributed by atoms with E-state index in [2.05, 4.69) is 22.9 Å². The number of fused-ring (bicyclic) bond motifs is 1. The van der Waals surface area contributed by atoms with E-state index in [9.17, 15) is 4.79 Å². The minimum absolute atomic E-state index is 0.139. The highest BCUT2D eigenvalue weighted by atomic mass is 35.5. The van der Waals surface area contributed by atoms with Crippen molar-refractivity contribution < 1.29 is 9.53 Å². The first-order valence-corrected chi connectivity index (χ1v) is 10.0. The maximum absolute atomic E-state index is 12.2. The largest absolute Gasteiger partial charge is 0.490 e. The molecule has 2 atom stereocenters. The van der Waals surface area contributed by atoms with Gasteiger partial charge in [-0.25, -0.2) is 0 Å². The third kappa shape index (κ3) is 4.16. The number of anilines is 2. The van der Waals surface area contributed by atoms with Crippen molar-refractivity contribution >= 4 is 34.5 Å². The molecule has 0 aromatic heterocycles. The Morgan fingerprint density at radius 3 is 2.82 bits per heavy atom. The van der Waals surface area contributed by atoms with Crippen LogP contribution in [0.4, 0.5) is 11.4 Å². The predicted octanol–water partition coefficient (Wildman–Crippen LogP) is 4.51. The molecule has 5 nitrogen and oxygen atoms in total. The first-order valence-electron chi connectivity index (χ1n) is 9.65. The number of ether oxygens (including phenoxy) is 1. The van der Waals surface area contributed by atoms with E-state index in [1.165, 1.54) is 12.8 Å². The van der Waals surface area contributed by atoms with Crippen LogP contribution in [0, 0.1) is 5.92 Å². The highest BCUT2D eigenvalue weighted by Gasteiger charge is 2.24. The number of hydrogen-bond donors (Lipinski definition) is 3. The Bertz CT molecular complexity index is 889. The standard InChI is InChI=1S/C22H24ClN3O2/c1-14(15-3-2-10-24-12-15)28-18-7-5-17(6-8-18)25-13-20-19-11-16(23)4-9-21(19)26-22(20)27/h4-9,11,13-15,24-25H,2-3,10,12H2,1H3,(H,26,27)/b20-13+. The molecule has 3 N–H and O–H groups in total. The number of carbonyl (C=O) groups excluding carboxylic acids is 1. The minimum Gasteiger partial charge on any atom is -0.490 e. The Hall–Kier alpha value is -2.50. The number of benzene rings is 2. The fraction of sp³-hybridized carbons (Fsp3) is 0.318. The van der Waals surface area contributed by atoms with Crippen molar-refractivity contribution in [2.45, 2.75) is 25.9 Å². The van der Waals surface area contributed by atoms with Gasteiger partial charge in [0.25, 0.3) is 5.91 Å². The van der Waals surface area contributed by atoms with Crippen LogP contribution >= 0.6 is 11.6 Å². The summed E-state index contributed by atoms with van der Waals surface area (Å²) in [5.74, 6) is 1.26. The molecule has 0 radical (unpaired) electrons. The summed E-state index contributed by atoms with van der Waals surface area (Å²) < 4.78 is 6.10. The number of halogens is 1. The van der Waals surface area contributed by atoms with E-state index in [4.69, 9.17) is 16.3 Å². The molecule has 2 aromatic rings. The molecule has 2 aliphatic rings. The van der Waals surface area contributed by atoms with Gasteiger partial charge in [0.1, 0.15) is 5.75 Å². The van der Waals surface area contributed by atoms with Gasteiger partial charge in [-0.15, -0.1) is 0 Å². The number of rotatable bonds is 5. The molecule has 2 unspecified atom stereocenters. The van der Waals surface area contributed by atoms with E-state index in [0.717, 1.165) is 35.8 Å². The Labute approximate surface area is 170 Å². The van der Waals surface area contributed by atoms with Crippen molar-refractivity contribution in [1.82, 2.24) is 5.32 Å². The van der Waals surface area contributed by atoms with E-state index in [1.54, 1.807) is 18.3 Å². The van der Waals surface area contributed by atoms with Crippen molar-refractivity contribution in [3.63, 3.8) is 0 Å². The van der Waals surface area contributed by atoms with Gasteiger partial charge in [-0.2, -0.15) is 0 Å². The van der Waals surface area contributed by atoms with Gasteiger partial charge in [0, 0.05) is 40.6 Å². The fourth-order valence-corrected chi connectivity index (χ4v) is 3.85. The van der Waals surface area contributed by atoms with Crippen LogP contribution in [0.5, 0.6) is 5.75 Å². The molecule has 28 heavy (non-hydrogen) atoms. The zero-order valence-electron chi connectivity index (χ0n) is 15.8. The lowest BCUT2D eigenvalue weighted by Crippen LogP contribution is -2.37. The smallest absolute Gasteiger partial charge is 0.257 e. The summed E-state index contributed by atoms with van der Waals surface area (Å²) in [5, 5.41) is 10.1. The number of nitrogens with one attached hydrogen (secondary N) is 3. The summed E-state index contributed by atoms with van der Waals surface area (Å²) >= 11 is 6.06. The molecule has 1 fully saturated rings. The molecule has 0 spiro atoms. The molecule has 6 heteroatoms. The van der Waals surface area contributed by atoms with Crippen LogP contribution in [0.15, 0.2) is 48.7 Å². The lowest BCUT2D eigenvalue weighted by molar-refractivity contribution is -0.110. The summed E-state index contributed by atoms with van der Waals surface area (Å²) in [5.41, 5.74) is 3.03. The molecule has 1 amide bonds. The molecule has 0 bridgehead atoms. The molecule has 0 aliphatic carbocycles. The lowest BCUT2D eigenvalue weighted by Gasteiger charge is -2.28. The van der Waals surface area contributed by atoms with Crippen LogP contribution in [0.25, 0.3) is 5.57 Å². The average Bonchev–Trinajstić information content (AvgIpc) is 3.02. The summed E-state index contributed by atoms with van der Waals surface area (Å²) in [4.78, 5) is 12.2. The van der Waals surface area contributed by atoms with Crippen LogP contribution in [0.2, 0.25) is 5.02 Å². The number of piperidine rings is 1. The third-order valence-electron chi connectivity index (χ3n) is 5.32. The second kappa shape index (κ2) is 8.25. The fourth-order valence-electron chi connectivity index (χ4n) is 3.68. The van der Waals surface area contributed by atoms with Crippen LogP contribution in [-0.2, 0) is 4.79 Å². The highest BCUT2D eigenvalue weighted by molar-refractivity contribution is 6.34. The molecular formula is C22H24ClN3O2. The monoisotopic (exact) mass is 397 g/mol. The average molecular weight is 398 g/mol. The first kappa shape index (κ1) is 18.8. The number of carbonyl (C=O) groups is 1.